The average Bonchev–Trinajstić information content (AvgIpc) is 2.79. The van der Waals surface area contributed by atoms with E-state index in [1.54, 1.807) is 0 Å². The zero-order valence-corrected chi connectivity index (χ0v) is 18.6. The minimum Gasteiger partial charge on any atom is -0.483 e. The molecule has 1 aliphatic heterocycles. The lowest BCUT2D eigenvalue weighted by Gasteiger charge is -2.34. The third-order valence-corrected chi connectivity index (χ3v) is 5.63. The molecule has 32 heavy (non-hydrogen) atoms. The van der Waals surface area contributed by atoms with Gasteiger partial charge in [0.1, 0.15) is 11.8 Å². The molecule has 1 heterocycles. The van der Waals surface area contributed by atoms with Crippen LogP contribution in [-0.4, -0.2) is 55.0 Å². The van der Waals surface area contributed by atoms with Gasteiger partial charge in [-0.05, 0) is 49.4 Å². The quantitative estimate of drug-likeness (QED) is 0.481. The van der Waals surface area contributed by atoms with Crippen LogP contribution in [0.5, 0.6) is 5.75 Å². The smallest absolute Gasteiger partial charge is 0.308 e. The zero-order valence-electron chi connectivity index (χ0n) is 18.6. The van der Waals surface area contributed by atoms with Crippen LogP contribution in [0.25, 0.3) is 0 Å². The van der Waals surface area contributed by atoms with Crippen molar-refractivity contribution in [1.29, 1.82) is 0 Å². The van der Waals surface area contributed by atoms with Crippen LogP contribution in [0.2, 0.25) is 0 Å². The van der Waals surface area contributed by atoms with E-state index in [0.29, 0.717) is 25.3 Å². The average molecular weight is 439 g/mol. The largest absolute Gasteiger partial charge is 0.483 e. The third-order valence-electron chi connectivity index (χ3n) is 5.63. The van der Waals surface area contributed by atoms with E-state index in [0.717, 1.165) is 17.5 Å². The molecule has 7 heteroatoms. The van der Waals surface area contributed by atoms with E-state index in [1.165, 1.54) is 10.5 Å². The summed E-state index contributed by atoms with van der Waals surface area (Å²) in [5.41, 5.74) is 3.21. The second kappa shape index (κ2) is 11.3. The molecule has 1 aliphatic rings. The maximum absolute atomic E-state index is 12.8. The van der Waals surface area contributed by atoms with Crippen molar-refractivity contribution in [2.45, 2.75) is 39.2 Å². The molecular formula is C25H30N2O5. The third kappa shape index (κ3) is 6.33. The van der Waals surface area contributed by atoms with E-state index in [1.807, 2.05) is 62.4 Å². The standard InChI is InChI=1S/C25H30N2O5/c1-18-8-6-12-22(19(18)2)32-17-23(28)27-14-13-26-25(30)21(27)16-24(29)31-15-7-11-20-9-4-3-5-10-20/h3-6,8-10,12,21H,7,11,13-17H2,1-2H3,(H,26,30). The van der Waals surface area contributed by atoms with Gasteiger partial charge >= 0.3 is 5.97 Å². The summed E-state index contributed by atoms with van der Waals surface area (Å²) in [6.07, 6.45) is 1.32. The Bertz CT molecular complexity index is 945. The molecule has 0 spiro atoms. The van der Waals surface area contributed by atoms with E-state index in [4.69, 9.17) is 9.47 Å². The van der Waals surface area contributed by atoms with Crippen molar-refractivity contribution >= 4 is 17.8 Å². The Morgan fingerprint density at radius 2 is 1.88 bits per heavy atom. The number of nitrogens with zero attached hydrogens (tertiary/aromatic N) is 1. The molecule has 0 radical (unpaired) electrons. The number of carbonyl (C=O) groups excluding carboxylic acids is 3. The number of amides is 2. The van der Waals surface area contributed by atoms with Gasteiger partial charge in [-0.25, -0.2) is 0 Å². The Morgan fingerprint density at radius 3 is 2.66 bits per heavy atom. The molecule has 1 atom stereocenters. The Kier molecular flexibility index (Phi) is 8.25. The molecule has 2 aromatic carbocycles. The number of nitrogens with one attached hydrogen (secondary N) is 1. The molecule has 1 N–H and O–H groups in total. The van der Waals surface area contributed by atoms with Gasteiger partial charge in [0, 0.05) is 13.1 Å². The maximum Gasteiger partial charge on any atom is 0.308 e. The van der Waals surface area contributed by atoms with Gasteiger partial charge in [-0.1, -0.05) is 42.5 Å². The summed E-state index contributed by atoms with van der Waals surface area (Å²) in [6.45, 7) is 4.65. The summed E-state index contributed by atoms with van der Waals surface area (Å²) in [7, 11) is 0. The molecule has 2 aromatic rings. The number of hydrogen-bond donors (Lipinski definition) is 1. The van der Waals surface area contributed by atoms with E-state index in [9.17, 15) is 14.4 Å². The number of ether oxygens (including phenoxy) is 2. The molecular weight excluding hydrogens is 408 g/mol. The Labute approximate surface area is 188 Å². The molecule has 2 amide bonds. The minimum atomic E-state index is -0.889. The van der Waals surface area contributed by atoms with Crippen LogP contribution < -0.4 is 10.1 Å². The van der Waals surface area contributed by atoms with Crippen molar-refractivity contribution in [3.05, 3.63) is 65.2 Å². The number of carbonyl (C=O) groups is 3. The van der Waals surface area contributed by atoms with Crippen molar-refractivity contribution in [1.82, 2.24) is 10.2 Å². The molecule has 0 aromatic heterocycles. The van der Waals surface area contributed by atoms with Gasteiger partial charge in [0.2, 0.25) is 5.91 Å². The summed E-state index contributed by atoms with van der Waals surface area (Å²) in [6, 6.07) is 14.7. The highest BCUT2D eigenvalue weighted by Crippen LogP contribution is 2.21. The molecule has 0 saturated carbocycles. The fourth-order valence-corrected chi connectivity index (χ4v) is 3.64. The van der Waals surface area contributed by atoms with Gasteiger partial charge in [-0.15, -0.1) is 0 Å². The second-order valence-electron chi connectivity index (χ2n) is 7.89. The lowest BCUT2D eigenvalue weighted by molar-refractivity contribution is -0.152. The molecule has 1 fully saturated rings. The van der Waals surface area contributed by atoms with Crippen LogP contribution in [0.3, 0.4) is 0 Å². The number of esters is 1. The van der Waals surface area contributed by atoms with Crippen LogP contribution in [-0.2, 0) is 25.5 Å². The summed E-state index contributed by atoms with van der Waals surface area (Å²) in [4.78, 5) is 38.9. The molecule has 170 valence electrons. The van der Waals surface area contributed by atoms with Crippen LogP contribution in [0.1, 0.15) is 29.5 Å². The fraction of sp³-hybridized carbons (Fsp3) is 0.400. The van der Waals surface area contributed by atoms with Crippen molar-refractivity contribution in [3.63, 3.8) is 0 Å². The first-order valence-corrected chi connectivity index (χ1v) is 10.9. The van der Waals surface area contributed by atoms with Crippen LogP contribution >= 0.6 is 0 Å². The van der Waals surface area contributed by atoms with Crippen LogP contribution in [0.4, 0.5) is 0 Å². The number of aryl methyl sites for hydroxylation is 2. The van der Waals surface area contributed by atoms with E-state index in [2.05, 4.69) is 5.32 Å². The monoisotopic (exact) mass is 438 g/mol. The molecule has 1 saturated heterocycles. The highest BCUT2D eigenvalue weighted by atomic mass is 16.5. The van der Waals surface area contributed by atoms with Gasteiger partial charge in [0.05, 0.1) is 13.0 Å². The Hall–Kier alpha value is -3.35. The molecule has 7 nitrogen and oxygen atoms in total. The van der Waals surface area contributed by atoms with Crippen LogP contribution in [0.15, 0.2) is 48.5 Å². The number of rotatable bonds is 9. The van der Waals surface area contributed by atoms with E-state index in [-0.39, 0.29) is 31.4 Å². The molecule has 1 unspecified atom stereocenters. The normalized spacial score (nSPS) is 15.8. The lowest BCUT2D eigenvalue weighted by atomic mass is 10.1. The first-order chi connectivity index (χ1) is 15.5. The molecule has 3 rings (SSSR count). The maximum atomic E-state index is 12.8. The van der Waals surface area contributed by atoms with E-state index >= 15 is 0 Å². The van der Waals surface area contributed by atoms with Gasteiger partial charge in [-0.2, -0.15) is 0 Å². The summed E-state index contributed by atoms with van der Waals surface area (Å²) >= 11 is 0. The molecule has 0 bridgehead atoms. The van der Waals surface area contributed by atoms with Crippen molar-refractivity contribution in [2.75, 3.05) is 26.3 Å². The number of hydrogen-bond acceptors (Lipinski definition) is 5. The summed E-state index contributed by atoms with van der Waals surface area (Å²) in [5, 5.41) is 2.72. The van der Waals surface area contributed by atoms with Crippen LogP contribution in [0, 0.1) is 13.8 Å². The fourth-order valence-electron chi connectivity index (χ4n) is 3.64. The van der Waals surface area contributed by atoms with Gasteiger partial charge in [-0.3, -0.25) is 14.4 Å². The predicted molar refractivity (Wildman–Crippen MR) is 120 cm³/mol. The SMILES string of the molecule is Cc1cccc(OCC(=O)N2CCNC(=O)C2CC(=O)OCCCc2ccccc2)c1C. The first kappa shape index (κ1) is 23.3. The summed E-state index contributed by atoms with van der Waals surface area (Å²) in [5.74, 6) is -0.539. The second-order valence-corrected chi connectivity index (χ2v) is 7.89. The van der Waals surface area contributed by atoms with E-state index < -0.39 is 12.0 Å². The predicted octanol–water partition coefficient (Wildman–Crippen LogP) is 2.58. The highest BCUT2D eigenvalue weighted by Gasteiger charge is 2.35. The number of benzene rings is 2. The first-order valence-electron chi connectivity index (χ1n) is 10.9. The lowest BCUT2D eigenvalue weighted by Crippen LogP contribution is -2.58. The van der Waals surface area contributed by atoms with Gasteiger partial charge in [0.15, 0.2) is 6.61 Å². The Morgan fingerprint density at radius 1 is 1.09 bits per heavy atom. The molecule has 0 aliphatic carbocycles. The van der Waals surface area contributed by atoms with Crippen molar-refractivity contribution < 1.29 is 23.9 Å². The minimum absolute atomic E-state index is 0.174. The topological polar surface area (TPSA) is 84.9 Å². The number of piperazine rings is 1. The van der Waals surface area contributed by atoms with Crippen molar-refractivity contribution in [2.24, 2.45) is 0 Å². The highest BCUT2D eigenvalue weighted by molar-refractivity contribution is 5.92. The zero-order chi connectivity index (χ0) is 22.9. The summed E-state index contributed by atoms with van der Waals surface area (Å²) < 4.78 is 11.0. The van der Waals surface area contributed by atoms with Crippen molar-refractivity contribution in [3.8, 4) is 5.75 Å². The van der Waals surface area contributed by atoms with Gasteiger partial charge < -0.3 is 19.7 Å². The van der Waals surface area contributed by atoms with Gasteiger partial charge in [0.25, 0.3) is 5.91 Å². The Balaban J connectivity index is 1.50.